The van der Waals surface area contributed by atoms with Crippen LogP contribution in [0.15, 0.2) is 77.6 Å². The van der Waals surface area contributed by atoms with E-state index in [1.54, 1.807) is 4.90 Å². The van der Waals surface area contributed by atoms with Crippen molar-refractivity contribution in [3.8, 4) is 0 Å². The zero-order chi connectivity index (χ0) is 23.7. The fourth-order valence-corrected chi connectivity index (χ4v) is 5.77. The van der Waals surface area contributed by atoms with Crippen molar-refractivity contribution in [2.24, 2.45) is 0 Å². The molecule has 0 radical (unpaired) electrons. The third-order valence-corrected chi connectivity index (χ3v) is 7.46. The van der Waals surface area contributed by atoms with Crippen molar-refractivity contribution in [3.05, 3.63) is 117 Å². The van der Waals surface area contributed by atoms with E-state index in [1.165, 1.54) is 21.6 Å². The molecule has 0 aliphatic carbocycles. The lowest BCUT2D eigenvalue weighted by Gasteiger charge is -2.35. The van der Waals surface area contributed by atoms with Crippen LogP contribution in [0, 0.1) is 20.8 Å². The van der Waals surface area contributed by atoms with Crippen LogP contribution in [0.25, 0.3) is 10.9 Å². The average Bonchev–Trinajstić information content (AvgIpc) is 2.84. The van der Waals surface area contributed by atoms with E-state index in [-0.39, 0.29) is 5.43 Å². The monoisotopic (exact) mass is 453 g/mol. The summed E-state index contributed by atoms with van der Waals surface area (Å²) in [5.74, 6) is 0. The number of nitrogens with one attached hydrogen (secondary N) is 3. The molecule has 0 amide bonds. The molecule has 5 rings (SSSR count). The second-order valence-electron chi connectivity index (χ2n) is 9.90. The maximum absolute atomic E-state index is 13.5. The SMILES string of the molecule is Cc1cc(C)c2c(=O)c(C[NH+]3CC[NH+](C(c4ccccc4)c4ccccc4)CC3)c(C)[nH]c2c1. The Labute approximate surface area is 201 Å². The summed E-state index contributed by atoms with van der Waals surface area (Å²) in [5, 5.41) is 0.850. The Morgan fingerprint density at radius 3 is 2.00 bits per heavy atom. The van der Waals surface area contributed by atoms with Gasteiger partial charge in [0.1, 0.15) is 38.8 Å². The van der Waals surface area contributed by atoms with Crippen molar-refractivity contribution in [1.29, 1.82) is 0 Å². The quantitative estimate of drug-likeness (QED) is 0.427. The molecule has 1 saturated heterocycles. The maximum atomic E-state index is 13.5. The van der Waals surface area contributed by atoms with E-state index >= 15 is 0 Å². The number of H-pyrrole nitrogens is 1. The van der Waals surface area contributed by atoms with E-state index in [4.69, 9.17) is 0 Å². The Morgan fingerprint density at radius 2 is 1.41 bits per heavy atom. The first kappa shape index (κ1) is 22.6. The minimum Gasteiger partial charge on any atom is -0.358 e. The van der Waals surface area contributed by atoms with E-state index in [9.17, 15) is 4.79 Å². The molecule has 1 aromatic heterocycles. The third kappa shape index (κ3) is 4.44. The topological polar surface area (TPSA) is 41.7 Å². The number of aromatic nitrogens is 1. The third-order valence-electron chi connectivity index (χ3n) is 7.46. The first-order valence-electron chi connectivity index (χ1n) is 12.4. The highest BCUT2D eigenvalue weighted by molar-refractivity contribution is 5.83. The zero-order valence-corrected chi connectivity index (χ0v) is 20.4. The standard InChI is InChI=1S/C30H33N3O/c1-21-18-22(2)28-27(19-21)31-23(3)26(30(28)34)20-32-14-16-33(17-15-32)29(24-10-6-4-7-11-24)25-12-8-5-9-13-25/h4-13,18-19,29H,14-17,20H2,1-3H3,(H,31,34)/p+2. The number of fused-ring (bicyclic) bond motifs is 1. The molecule has 174 valence electrons. The molecular formula is C30H35N3O+2. The van der Waals surface area contributed by atoms with Crippen molar-refractivity contribution in [2.45, 2.75) is 33.4 Å². The summed E-state index contributed by atoms with van der Waals surface area (Å²) in [6, 6.07) is 26.3. The Bertz CT molecular complexity index is 1300. The van der Waals surface area contributed by atoms with Gasteiger partial charge in [0.05, 0.1) is 11.1 Å². The van der Waals surface area contributed by atoms with Crippen LogP contribution in [0.4, 0.5) is 0 Å². The molecule has 1 aliphatic rings. The van der Waals surface area contributed by atoms with Crippen molar-refractivity contribution in [1.82, 2.24) is 4.98 Å². The summed E-state index contributed by atoms with van der Waals surface area (Å²) < 4.78 is 0. The Balaban J connectivity index is 1.36. The van der Waals surface area contributed by atoms with E-state index in [0.717, 1.165) is 60.4 Å². The van der Waals surface area contributed by atoms with E-state index < -0.39 is 0 Å². The highest BCUT2D eigenvalue weighted by atomic mass is 16.1. The molecule has 4 aromatic rings. The van der Waals surface area contributed by atoms with Gasteiger partial charge in [-0.05, 0) is 38.0 Å². The number of benzene rings is 3. The van der Waals surface area contributed by atoms with Crippen LogP contribution in [-0.2, 0) is 6.54 Å². The molecule has 0 spiro atoms. The molecule has 2 heterocycles. The van der Waals surface area contributed by atoms with Gasteiger partial charge >= 0.3 is 0 Å². The summed E-state index contributed by atoms with van der Waals surface area (Å²) >= 11 is 0. The molecule has 34 heavy (non-hydrogen) atoms. The summed E-state index contributed by atoms with van der Waals surface area (Å²) in [4.78, 5) is 20.1. The first-order valence-corrected chi connectivity index (χ1v) is 12.4. The first-order chi connectivity index (χ1) is 16.5. The number of aromatic amines is 1. The van der Waals surface area contributed by atoms with Crippen LogP contribution < -0.4 is 15.2 Å². The highest BCUT2D eigenvalue weighted by Crippen LogP contribution is 2.19. The molecule has 0 bridgehead atoms. The minimum absolute atomic E-state index is 0.206. The van der Waals surface area contributed by atoms with E-state index in [2.05, 4.69) is 91.6 Å². The lowest BCUT2D eigenvalue weighted by atomic mass is 9.96. The van der Waals surface area contributed by atoms with E-state index in [1.807, 2.05) is 6.92 Å². The van der Waals surface area contributed by atoms with Gasteiger partial charge in [-0.1, -0.05) is 66.7 Å². The van der Waals surface area contributed by atoms with Crippen molar-refractivity contribution < 1.29 is 9.80 Å². The summed E-state index contributed by atoms with van der Waals surface area (Å²) in [6.07, 6.45) is 0. The number of piperazine rings is 1. The van der Waals surface area contributed by atoms with Crippen LogP contribution in [0.1, 0.15) is 39.6 Å². The van der Waals surface area contributed by atoms with Gasteiger partial charge in [0.25, 0.3) is 0 Å². The zero-order valence-electron chi connectivity index (χ0n) is 20.4. The van der Waals surface area contributed by atoms with Gasteiger partial charge in [-0.15, -0.1) is 0 Å². The van der Waals surface area contributed by atoms with Gasteiger partial charge in [0.2, 0.25) is 0 Å². The predicted octanol–water partition coefficient (Wildman–Crippen LogP) is 2.53. The van der Waals surface area contributed by atoms with Crippen LogP contribution in [0.2, 0.25) is 0 Å². The molecule has 3 aromatic carbocycles. The number of pyridine rings is 1. The van der Waals surface area contributed by atoms with Crippen LogP contribution in [-0.4, -0.2) is 31.2 Å². The molecule has 3 N–H and O–H groups in total. The van der Waals surface area contributed by atoms with Gasteiger partial charge in [0, 0.05) is 22.2 Å². The van der Waals surface area contributed by atoms with Crippen LogP contribution >= 0.6 is 0 Å². The maximum Gasteiger partial charge on any atom is 0.198 e. The Hall–Kier alpha value is -3.21. The van der Waals surface area contributed by atoms with Gasteiger partial charge in [-0.25, -0.2) is 0 Å². The Kier molecular flexibility index (Phi) is 6.36. The second-order valence-corrected chi connectivity index (χ2v) is 9.90. The molecule has 0 saturated carbocycles. The number of quaternary nitrogens is 2. The lowest BCUT2D eigenvalue weighted by molar-refractivity contribution is -1.03. The molecule has 1 fully saturated rings. The van der Waals surface area contributed by atoms with Crippen molar-refractivity contribution >= 4 is 10.9 Å². The largest absolute Gasteiger partial charge is 0.358 e. The number of hydrogen-bond acceptors (Lipinski definition) is 1. The second kappa shape index (κ2) is 9.57. The highest BCUT2D eigenvalue weighted by Gasteiger charge is 2.32. The van der Waals surface area contributed by atoms with Gasteiger partial charge < -0.3 is 14.8 Å². The average molecular weight is 454 g/mol. The van der Waals surface area contributed by atoms with Gasteiger partial charge in [0.15, 0.2) is 5.43 Å². The molecule has 1 aliphatic heterocycles. The molecule has 0 atom stereocenters. The smallest absolute Gasteiger partial charge is 0.198 e. The summed E-state index contributed by atoms with van der Waals surface area (Å²) in [6.45, 7) is 11.3. The van der Waals surface area contributed by atoms with Gasteiger partial charge in [-0.2, -0.15) is 0 Å². The summed E-state index contributed by atoms with van der Waals surface area (Å²) in [7, 11) is 0. The minimum atomic E-state index is 0.206. The van der Waals surface area contributed by atoms with Crippen LogP contribution in [0.3, 0.4) is 0 Å². The van der Waals surface area contributed by atoms with E-state index in [0.29, 0.717) is 6.04 Å². The fraction of sp³-hybridized carbons (Fsp3) is 0.300. The predicted molar refractivity (Wildman–Crippen MR) is 139 cm³/mol. The van der Waals surface area contributed by atoms with Crippen molar-refractivity contribution in [3.63, 3.8) is 0 Å². The fourth-order valence-electron chi connectivity index (χ4n) is 5.77. The Morgan fingerprint density at radius 1 is 0.824 bits per heavy atom. The molecule has 4 heteroatoms. The van der Waals surface area contributed by atoms with Gasteiger partial charge in [-0.3, -0.25) is 4.79 Å². The normalized spacial score (nSPS) is 18.5. The molecular weight excluding hydrogens is 418 g/mol. The lowest BCUT2D eigenvalue weighted by Crippen LogP contribution is -3.27. The summed E-state index contributed by atoms with van der Waals surface area (Å²) in [5.41, 5.74) is 8.12. The van der Waals surface area contributed by atoms with Crippen LogP contribution in [0.5, 0.6) is 0 Å². The molecule has 4 nitrogen and oxygen atoms in total. The number of aryl methyl sites for hydroxylation is 3. The number of rotatable bonds is 5. The van der Waals surface area contributed by atoms with Crippen molar-refractivity contribution in [2.75, 3.05) is 26.2 Å². The molecule has 0 unspecified atom stereocenters. The number of hydrogen-bond donors (Lipinski definition) is 3.